The number of nitrogens with two attached hydrogens (primary N) is 1. The predicted octanol–water partition coefficient (Wildman–Crippen LogP) is 4.51. The van der Waals surface area contributed by atoms with Gasteiger partial charge in [0, 0.05) is 5.39 Å². The van der Waals surface area contributed by atoms with Gasteiger partial charge in [0.2, 0.25) is 0 Å². The normalized spacial score (nSPS) is 12.7. The van der Waals surface area contributed by atoms with Crippen LogP contribution in [0.25, 0.3) is 11.0 Å². The Balaban J connectivity index is 1.75. The highest BCUT2D eigenvalue weighted by atomic mass is 19.1. The molecule has 0 saturated carbocycles. The molecule has 0 bridgehead atoms. The molecule has 3 aromatic rings. The quantitative estimate of drug-likeness (QED) is 0.765. The monoisotopic (exact) mass is 283 g/mol. The molecule has 1 atom stereocenters. The Bertz CT molecular complexity index is 763. The van der Waals surface area contributed by atoms with Crippen LogP contribution in [-0.4, -0.2) is 0 Å². The Morgan fingerprint density at radius 1 is 1.14 bits per heavy atom. The first-order valence-corrected chi connectivity index (χ1v) is 7.12. The average Bonchev–Trinajstić information content (AvgIpc) is 2.90. The third-order valence-corrected chi connectivity index (χ3v) is 3.71. The molecule has 3 rings (SSSR count). The van der Waals surface area contributed by atoms with Gasteiger partial charge < -0.3 is 10.2 Å². The summed E-state index contributed by atoms with van der Waals surface area (Å²) in [5.41, 5.74) is 8.97. The molecule has 2 nitrogen and oxygen atoms in total. The van der Waals surface area contributed by atoms with Gasteiger partial charge in [-0.3, -0.25) is 0 Å². The molecule has 0 aliphatic carbocycles. The van der Waals surface area contributed by atoms with Crippen LogP contribution in [-0.2, 0) is 6.42 Å². The van der Waals surface area contributed by atoms with E-state index < -0.39 is 0 Å². The van der Waals surface area contributed by atoms with Crippen molar-refractivity contribution in [2.45, 2.75) is 25.8 Å². The molecule has 3 heteroatoms. The van der Waals surface area contributed by atoms with Gasteiger partial charge in [0.25, 0.3) is 0 Å². The van der Waals surface area contributed by atoms with Gasteiger partial charge in [-0.15, -0.1) is 0 Å². The van der Waals surface area contributed by atoms with Crippen LogP contribution in [0.2, 0.25) is 0 Å². The summed E-state index contributed by atoms with van der Waals surface area (Å²) < 4.78 is 19.2. The lowest BCUT2D eigenvalue weighted by Gasteiger charge is -2.08. The Morgan fingerprint density at radius 3 is 2.71 bits per heavy atom. The summed E-state index contributed by atoms with van der Waals surface area (Å²) in [4.78, 5) is 0. The zero-order chi connectivity index (χ0) is 14.8. The predicted molar refractivity (Wildman–Crippen MR) is 82.6 cm³/mol. The minimum absolute atomic E-state index is 0.225. The minimum atomic E-state index is -0.343. The maximum Gasteiger partial charge on any atom is 0.169 e. The van der Waals surface area contributed by atoms with E-state index in [1.807, 2.05) is 18.2 Å². The Hall–Kier alpha value is -2.13. The number of fused-ring (bicyclic) bond motifs is 1. The number of furan rings is 1. The summed E-state index contributed by atoms with van der Waals surface area (Å²) in [6.07, 6.45) is 1.65. The molecular formula is C18H18FNO. The summed E-state index contributed by atoms with van der Waals surface area (Å²) in [6, 6.07) is 14.9. The van der Waals surface area contributed by atoms with Crippen molar-refractivity contribution in [3.05, 3.63) is 71.2 Å². The van der Waals surface area contributed by atoms with E-state index in [0.29, 0.717) is 11.3 Å². The highest BCUT2D eigenvalue weighted by Crippen LogP contribution is 2.27. The van der Waals surface area contributed by atoms with Crippen LogP contribution < -0.4 is 5.73 Å². The molecule has 0 spiro atoms. The molecular weight excluding hydrogens is 265 g/mol. The van der Waals surface area contributed by atoms with Crippen molar-refractivity contribution < 1.29 is 8.81 Å². The van der Waals surface area contributed by atoms with Crippen molar-refractivity contribution in [3.8, 4) is 0 Å². The number of halogens is 1. The fraction of sp³-hybridized carbons (Fsp3) is 0.222. The molecule has 2 N–H and O–H groups in total. The summed E-state index contributed by atoms with van der Waals surface area (Å²) in [5, 5.41) is 0.760. The molecule has 0 amide bonds. The average molecular weight is 283 g/mol. The van der Waals surface area contributed by atoms with Crippen LogP contribution in [0.3, 0.4) is 0 Å². The maximum atomic E-state index is 13.6. The van der Waals surface area contributed by atoms with Gasteiger partial charge >= 0.3 is 0 Å². The van der Waals surface area contributed by atoms with E-state index in [1.165, 1.54) is 17.2 Å². The van der Waals surface area contributed by atoms with E-state index >= 15 is 0 Å². The molecule has 0 aliphatic heterocycles. The molecule has 0 fully saturated rings. The van der Waals surface area contributed by atoms with Crippen molar-refractivity contribution >= 4 is 11.0 Å². The van der Waals surface area contributed by atoms with Gasteiger partial charge in [-0.1, -0.05) is 42.0 Å². The van der Waals surface area contributed by atoms with Crippen LogP contribution in [0.15, 0.2) is 52.9 Å². The zero-order valence-corrected chi connectivity index (χ0v) is 12.0. The molecule has 21 heavy (non-hydrogen) atoms. The fourth-order valence-electron chi connectivity index (χ4n) is 2.56. The molecule has 1 aromatic heterocycles. The topological polar surface area (TPSA) is 39.2 Å². The van der Waals surface area contributed by atoms with Gasteiger partial charge in [-0.05, 0) is 37.5 Å². The first-order chi connectivity index (χ1) is 10.1. The Labute approximate surface area is 123 Å². The summed E-state index contributed by atoms with van der Waals surface area (Å²) >= 11 is 0. The van der Waals surface area contributed by atoms with E-state index in [4.69, 9.17) is 10.2 Å². The van der Waals surface area contributed by atoms with E-state index in [-0.39, 0.29) is 11.9 Å². The molecule has 1 heterocycles. The van der Waals surface area contributed by atoms with Gasteiger partial charge in [-0.2, -0.15) is 0 Å². The Morgan fingerprint density at radius 2 is 1.95 bits per heavy atom. The standard InChI is InChI=1S/C18H18FNO/c1-12-4-2-5-13(10-12)8-9-16(20)17-11-14-6-3-7-15(19)18(14)21-17/h2-7,10-11,16H,8-9,20H2,1H3. The van der Waals surface area contributed by atoms with Crippen molar-refractivity contribution in [2.75, 3.05) is 0 Å². The third kappa shape index (κ3) is 2.98. The number of aryl methyl sites for hydroxylation is 2. The second kappa shape index (κ2) is 5.70. The van der Waals surface area contributed by atoms with E-state index in [2.05, 4.69) is 25.1 Å². The van der Waals surface area contributed by atoms with Crippen molar-refractivity contribution in [3.63, 3.8) is 0 Å². The fourth-order valence-corrected chi connectivity index (χ4v) is 2.56. The third-order valence-electron chi connectivity index (χ3n) is 3.71. The highest BCUT2D eigenvalue weighted by Gasteiger charge is 2.14. The summed E-state index contributed by atoms with van der Waals surface area (Å²) in [6.45, 7) is 2.07. The second-order valence-corrected chi connectivity index (χ2v) is 5.44. The van der Waals surface area contributed by atoms with Crippen LogP contribution in [0.4, 0.5) is 4.39 Å². The summed E-state index contributed by atoms with van der Waals surface area (Å²) in [5.74, 6) is 0.299. The first kappa shape index (κ1) is 13.8. The molecule has 108 valence electrons. The van der Waals surface area contributed by atoms with Crippen LogP contribution >= 0.6 is 0 Å². The molecule has 0 aliphatic rings. The van der Waals surface area contributed by atoms with Crippen LogP contribution in [0.1, 0.15) is 29.3 Å². The number of hydrogen-bond donors (Lipinski definition) is 1. The highest BCUT2D eigenvalue weighted by molar-refractivity contribution is 5.78. The minimum Gasteiger partial charge on any atom is -0.456 e. The zero-order valence-electron chi connectivity index (χ0n) is 12.0. The lowest BCUT2D eigenvalue weighted by atomic mass is 10.0. The lowest BCUT2D eigenvalue weighted by molar-refractivity contribution is 0.465. The van der Waals surface area contributed by atoms with Crippen molar-refractivity contribution in [1.82, 2.24) is 0 Å². The van der Waals surface area contributed by atoms with Gasteiger partial charge in [0.15, 0.2) is 11.4 Å². The van der Waals surface area contributed by atoms with Crippen LogP contribution in [0, 0.1) is 12.7 Å². The van der Waals surface area contributed by atoms with Crippen LogP contribution in [0.5, 0.6) is 0 Å². The van der Waals surface area contributed by atoms with E-state index in [1.54, 1.807) is 6.07 Å². The lowest BCUT2D eigenvalue weighted by Crippen LogP contribution is -2.10. The number of hydrogen-bond acceptors (Lipinski definition) is 2. The largest absolute Gasteiger partial charge is 0.456 e. The number of para-hydroxylation sites is 1. The van der Waals surface area contributed by atoms with E-state index in [0.717, 1.165) is 18.2 Å². The molecule has 1 unspecified atom stereocenters. The smallest absolute Gasteiger partial charge is 0.169 e. The van der Waals surface area contributed by atoms with Gasteiger partial charge in [0.1, 0.15) is 5.76 Å². The van der Waals surface area contributed by atoms with E-state index in [9.17, 15) is 4.39 Å². The first-order valence-electron chi connectivity index (χ1n) is 7.12. The van der Waals surface area contributed by atoms with Gasteiger partial charge in [-0.25, -0.2) is 4.39 Å². The molecule has 0 saturated heterocycles. The SMILES string of the molecule is Cc1cccc(CCC(N)c2cc3cccc(F)c3o2)c1. The van der Waals surface area contributed by atoms with Crippen molar-refractivity contribution in [2.24, 2.45) is 5.73 Å². The number of benzene rings is 2. The number of rotatable bonds is 4. The molecule has 2 aromatic carbocycles. The molecule has 0 radical (unpaired) electrons. The Kier molecular flexibility index (Phi) is 3.76. The van der Waals surface area contributed by atoms with Gasteiger partial charge in [0.05, 0.1) is 6.04 Å². The second-order valence-electron chi connectivity index (χ2n) is 5.44. The van der Waals surface area contributed by atoms with Crippen molar-refractivity contribution in [1.29, 1.82) is 0 Å². The summed E-state index contributed by atoms with van der Waals surface area (Å²) in [7, 11) is 0. The maximum absolute atomic E-state index is 13.6.